The Hall–Kier alpha value is -1.06. The quantitative estimate of drug-likeness (QED) is 0.246. The predicted molar refractivity (Wildman–Crippen MR) is 158 cm³/mol. The molecule has 0 aromatic carbocycles. The fourth-order valence-corrected chi connectivity index (χ4v) is 6.71. The molecule has 218 valence electrons. The van der Waals surface area contributed by atoms with Gasteiger partial charge in [0.05, 0.1) is 18.1 Å². The van der Waals surface area contributed by atoms with E-state index in [-0.39, 0.29) is 16.7 Å². The third-order valence-electron chi connectivity index (χ3n) is 7.99. The first kappa shape index (κ1) is 33.2. The van der Waals surface area contributed by atoms with Gasteiger partial charge in [0.25, 0.3) is 5.56 Å². The third kappa shape index (κ3) is 6.80. The molecule has 12 heteroatoms. The van der Waals surface area contributed by atoms with Crippen LogP contribution in [-0.2, 0) is 29.0 Å². The Morgan fingerprint density at radius 2 is 1.55 bits per heavy atom. The van der Waals surface area contributed by atoms with Crippen LogP contribution in [0.3, 0.4) is 0 Å². The number of carbonyl (C=O) groups is 1. The van der Waals surface area contributed by atoms with E-state index in [1.807, 2.05) is 0 Å². The lowest BCUT2D eigenvalue weighted by molar-refractivity contribution is -0.275. The molecule has 0 saturated carbocycles. The smallest absolute Gasteiger partial charge is 0.333 e. The maximum absolute atomic E-state index is 13.3. The van der Waals surface area contributed by atoms with Crippen LogP contribution >= 0.6 is 15.9 Å². The zero-order valence-corrected chi connectivity index (χ0v) is 28.9. The summed E-state index contributed by atoms with van der Waals surface area (Å²) in [5, 5.41) is -0.159. The number of nitrogens with zero attached hydrogens (tertiary/aromatic N) is 1. The molecule has 2 rings (SSSR count). The van der Waals surface area contributed by atoms with E-state index in [1.165, 1.54) is 12.3 Å². The van der Waals surface area contributed by atoms with Crippen LogP contribution in [0.25, 0.3) is 0 Å². The van der Waals surface area contributed by atoms with Crippen LogP contribution < -0.4 is 11.2 Å². The number of halogens is 1. The van der Waals surface area contributed by atoms with Gasteiger partial charge in [0.1, 0.15) is 10.9 Å². The Labute approximate surface area is 237 Å². The highest BCUT2D eigenvalue weighted by molar-refractivity contribution is 9.09. The van der Waals surface area contributed by atoms with Gasteiger partial charge in [-0.2, -0.15) is 0 Å². The van der Waals surface area contributed by atoms with Gasteiger partial charge in [-0.1, -0.05) is 57.5 Å². The van der Waals surface area contributed by atoms with Crippen LogP contribution in [0.1, 0.15) is 62.3 Å². The summed E-state index contributed by atoms with van der Waals surface area (Å²) in [6.45, 7) is 26.8. The topological polar surface area (TPSA) is 109 Å². The zero-order valence-electron chi connectivity index (χ0n) is 25.3. The number of aromatic amines is 1. The Morgan fingerprint density at radius 1 is 1.03 bits per heavy atom. The summed E-state index contributed by atoms with van der Waals surface area (Å²) < 4.78 is 27.2. The minimum atomic E-state index is -2.37. The summed E-state index contributed by atoms with van der Waals surface area (Å²) in [4.78, 5) is 39.7. The van der Waals surface area contributed by atoms with Crippen LogP contribution in [0.5, 0.6) is 0 Å². The van der Waals surface area contributed by atoms with E-state index >= 15 is 0 Å². The Kier molecular flexibility index (Phi) is 9.36. The molecule has 1 fully saturated rings. The van der Waals surface area contributed by atoms with Crippen molar-refractivity contribution < 1.29 is 23.1 Å². The summed E-state index contributed by atoms with van der Waals surface area (Å²) >= 11 is 3.73. The number of carbonyl (C=O) groups excluding carboxylic acids is 1. The predicted octanol–water partition coefficient (Wildman–Crippen LogP) is 5.31. The summed E-state index contributed by atoms with van der Waals surface area (Å²) in [5.74, 6) is -2.49. The Balaban J connectivity index is 2.70. The molecule has 1 saturated heterocycles. The normalized spacial score (nSPS) is 25.5. The monoisotopic (exact) mass is 634 g/mol. The molecule has 1 aliphatic heterocycles. The summed E-state index contributed by atoms with van der Waals surface area (Å²) in [6.07, 6.45) is -0.00673. The highest BCUT2D eigenvalue weighted by Crippen LogP contribution is 2.47. The van der Waals surface area contributed by atoms with E-state index in [2.05, 4.69) is 88.6 Å². The van der Waals surface area contributed by atoms with Crippen molar-refractivity contribution in [1.29, 1.82) is 0 Å². The number of esters is 1. The van der Waals surface area contributed by atoms with Gasteiger partial charge in [0.2, 0.25) is 0 Å². The molecule has 0 unspecified atom stereocenters. The van der Waals surface area contributed by atoms with Crippen molar-refractivity contribution in [2.45, 2.75) is 122 Å². The minimum absolute atomic E-state index is 0.0408. The van der Waals surface area contributed by atoms with Crippen LogP contribution in [0.2, 0.25) is 36.3 Å². The summed E-state index contributed by atoms with van der Waals surface area (Å²) in [7, 11) is -4.56. The van der Waals surface area contributed by atoms with Gasteiger partial charge in [0, 0.05) is 12.3 Å². The SMILES string of the molecule is CC(C)(C)C(=O)O[C@]1(n2ccc(=O)[nH]c2=O)O[C@H](CO[Si](C)(C)C(C)(C)C)[C@@H](O[Si](C)(C)C(C)(C)C)[C@H]1Br. The lowest BCUT2D eigenvalue weighted by Gasteiger charge is -2.41. The van der Waals surface area contributed by atoms with Gasteiger partial charge in [0.15, 0.2) is 16.6 Å². The van der Waals surface area contributed by atoms with Crippen molar-refractivity contribution in [2.24, 2.45) is 5.41 Å². The second-order valence-electron chi connectivity index (χ2n) is 14.2. The number of rotatable bonds is 7. The first-order valence-corrected chi connectivity index (χ1v) is 19.8. The van der Waals surface area contributed by atoms with Crippen molar-refractivity contribution in [3.63, 3.8) is 0 Å². The van der Waals surface area contributed by atoms with E-state index in [4.69, 9.17) is 18.3 Å². The fourth-order valence-electron chi connectivity index (χ4n) is 3.30. The lowest BCUT2D eigenvalue weighted by atomic mass is 9.97. The van der Waals surface area contributed by atoms with Crippen molar-refractivity contribution in [3.05, 3.63) is 33.1 Å². The van der Waals surface area contributed by atoms with Gasteiger partial charge in [-0.05, 0) is 57.0 Å². The number of ether oxygens (including phenoxy) is 2. The van der Waals surface area contributed by atoms with Crippen molar-refractivity contribution in [2.75, 3.05) is 6.61 Å². The van der Waals surface area contributed by atoms with Crippen molar-refractivity contribution in [3.8, 4) is 0 Å². The molecule has 0 radical (unpaired) electrons. The number of alkyl halides is 1. The summed E-state index contributed by atoms with van der Waals surface area (Å²) in [5.41, 5.74) is -2.22. The number of nitrogens with one attached hydrogen (secondary N) is 1. The van der Waals surface area contributed by atoms with E-state index in [0.29, 0.717) is 0 Å². The summed E-state index contributed by atoms with van der Waals surface area (Å²) in [6, 6.07) is 1.19. The third-order valence-corrected chi connectivity index (χ3v) is 18.1. The number of aromatic nitrogens is 2. The minimum Gasteiger partial charge on any atom is -0.414 e. The molecule has 0 spiro atoms. The first-order valence-electron chi connectivity index (χ1n) is 13.1. The molecule has 0 aliphatic carbocycles. The molecule has 0 amide bonds. The van der Waals surface area contributed by atoms with Gasteiger partial charge in [-0.3, -0.25) is 14.6 Å². The van der Waals surface area contributed by atoms with Crippen LogP contribution in [0.4, 0.5) is 0 Å². The van der Waals surface area contributed by atoms with E-state index in [0.717, 1.165) is 4.57 Å². The Bertz CT molecular complexity index is 1130. The molecule has 1 N–H and O–H groups in total. The maximum Gasteiger partial charge on any atom is 0.333 e. The molecule has 1 aromatic heterocycles. The van der Waals surface area contributed by atoms with Gasteiger partial charge in [-0.25, -0.2) is 9.36 Å². The lowest BCUT2D eigenvalue weighted by Crippen LogP contribution is -2.54. The molecule has 4 atom stereocenters. The van der Waals surface area contributed by atoms with Gasteiger partial charge < -0.3 is 18.3 Å². The molecular formula is C26H47BrN2O7Si2. The molecule has 0 bridgehead atoms. The number of H-pyrrole nitrogens is 1. The highest BCUT2D eigenvalue weighted by Gasteiger charge is 2.62. The molecule has 1 aromatic rings. The average molecular weight is 636 g/mol. The maximum atomic E-state index is 13.3. The first-order chi connectivity index (χ1) is 16.9. The highest BCUT2D eigenvalue weighted by atomic mass is 79.9. The molecular weight excluding hydrogens is 588 g/mol. The van der Waals surface area contributed by atoms with Crippen molar-refractivity contribution in [1.82, 2.24) is 9.55 Å². The average Bonchev–Trinajstić information content (AvgIpc) is 2.95. The van der Waals surface area contributed by atoms with E-state index in [9.17, 15) is 14.4 Å². The zero-order chi connectivity index (χ0) is 29.7. The number of hydrogen-bond acceptors (Lipinski definition) is 7. The van der Waals surface area contributed by atoms with Crippen LogP contribution in [-0.4, -0.2) is 55.8 Å². The second kappa shape index (κ2) is 10.7. The van der Waals surface area contributed by atoms with E-state index in [1.54, 1.807) is 20.8 Å². The van der Waals surface area contributed by atoms with Gasteiger partial charge in [-0.15, -0.1) is 0 Å². The fraction of sp³-hybridized carbons (Fsp3) is 0.808. The van der Waals surface area contributed by atoms with E-state index < -0.39 is 62.2 Å². The second-order valence-corrected chi connectivity index (χ2v) is 24.8. The van der Waals surface area contributed by atoms with Gasteiger partial charge >= 0.3 is 17.6 Å². The largest absolute Gasteiger partial charge is 0.414 e. The standard InChI is InChI=1S/C26H47BrN2O7Si2/c1-23(2,3)21(31)35-26(29-15-14-18(30)28-22(29)32)20(27)19(36-38(12,13)25(7,8)9)17(34-26)16-33-37(10,11)24(4,5)6/h14-15,17,19-20H,16H2,1-13H3,(H,28,30,32)/t17-,19-,20-,26-/m1/s1. The number of hydrogen-bond donors (Lipinski definition) is 1. The van der Waals surface area contributed by atoms with Crippen LogP contribution in [0.15, 0.2) is 21.9 Å². The molecule has 38 heavy (non-hydrogen) atoms. The molecule has 2 heterocycles. The molecule has 1 aliphatic rings. The van der Waals surface area contributed by atoms with Crippen LogP contribution in [0, 0.1) is 5.41 Å². The molecule has 9 nitrogen and oxygen atoms in total. The Morgan fingerprint density at radius 3 is 2.00 bits per heavy atom. The van der Waals surface area contributed by atoms with Crippen molar-refractivity contribution >= 4 is 38.5 Å².